The van der Waals surface area contributed by atoms with Crippen LogP contribution in [0.5, 0.6) is 0 Å². The van der Waals surface area contributed by atoms with Crippen LogP contribution in [0.4, 0.5) is 0 Å². The molecule has 2 N–H and O–H groups in total. The molecule has 6 fully saturated rings. The molecule has 2 saturated carbocycles. The zero-order chi connectivity index (χ0) is 21.4. The van der Waals surface area contributed by atoms with Crippen LogP contribution in [0.3, 0.4) is 0 Å². The molecule has 3 nitrogen and oxygen atoms in total. The van der Waals surface area contributed by atoms with Crippen molar-refractivity contribution >= 4 is 0 Å². The van der Waals surface area contributed by atoms with Crippen molar-refractivity contribution in [2.24, 2.45) is 35.5 Å². The highest BCUT2D eigenvalue weighted by molar-refractivity contribution is 5.00. The predicted molar refractivity (Wildman–Crippen MR) is 129 cm³/mol. The third-order valence-corrected chi connectivity index (χ3v) is 10.6. The maximum atomic E-state index is 12.0. The SMILES string of the molecule is C=CC1CCC(C[N+]23CCC(CC2C(O)C2CCNC4CCCCC42)C(C=C)C3)CC1. The first-order valence-electron chi connectivity index (χ1n) is 13.7. The lowest BCUT2D eigenvalue weighted by Crippen LogP contribution is -2.72. The first-order chi connectivity index (χ1) is 15.1. The van der Waals surface area contributed by atoms with Crippen molar-refractivity contribution in [3.05, 3.63) is 25.3 Å². The van der Waals surface area contributed by atoms with Gasteiger partial charge in [-0.1, -0.05) is 25.0 Å². The first kappa shape index (κ1) is 22.2. The zero-order valence-corrected chi connectivity index (χ0v) is 19.8. The van der Waals surface area contributed by atoms with E-state index < -0.39 is 0 Å². The molecule has 0 aromatic heterocycles. The summed E-state index contributed by atoms with van der Waals surface area (Å²) in [4.78, 5) is 0. The van der Waals surface area contributed by atoms with Gasteiger partial charge in [-0.25, -0.2) is 0 Å². The number of hydrogen-bond donors (Lipinski definition) is 2. The Hall–Kier alpha value is -0.640. The molecule has 0 aromatic carbocycles. The van der Waals surface area contributed by atoms with E-state index in [2.05, 4.69) is 30.6 Å². The molecule has 0 amide bonds. The minimum absolute atomic E-state index is 0.106. The number of hydrogen-bond acceptors (Lipinski definition) is 2. The Morgan fingerprint density at radius 3 is 2.55 bits per heavy atom. The fourth-order valence-electron chi connectivity index (χ4n) is 8.86. The van der Waals surface area contributed by atoms with E-state index in [1.54, 1.807) is 0 Å². The van der Waals surface area contributed by atoms with E-state index in [1.807, 2.05) is 0 Å². The molecule has 8 atom stereocenters. The number of aliphatic hydroxyl groups is 1. The van der Waals surface area contributed by atoms with Gasteiger partial charge in [0.2, 0.25) is 0 Å². The molecule has 0 aromatic rings. The molecule has 2 bridgehead atoms. The number of nitrogens with one attached hydrogen (secondary N) is 1. The van der Waals surface area contributed by atoms with Crippen LogP contribution in [0, 0.1) is 35.5 Å². The number of piperidine rings is 4. The van der Waals surface area contributed by atoms with E-state index in [-0.39, 0.29) is 6.10 Å². The second-order valence-electron chi connectivity index (χ2n) is 12.0. The van der Waals surface area contributed by atoms with Crippen LogP contribution < -0.4 is 5.32 Å². The van der Waals surface area contributed by atoms with Gasteiger partial charge in [-0.15, -0.1) is 13.2 Å². The molecule has 6 aliphatic rings. The summed E-state index contributed by atoms with van der Waals surface area (Å²) in [5, 5.41) is 15.8. The highest BCUT2D eigenvalue weighted by atomic mass is 16.3. The van der Waals surface area contributed by atoms with Gasteiger partial charge in [0.05, 0.1) is 19.6 Å². The number of allylic oxidation sites excluding steroid dienone is 1. The summed E-state index contributed by atoms with van der Waals surface area (Å²) < 4.78 is 1.21. The maximum Gasteiger partial charge on any atom is 0.116 e. The number of nitrogens with zero attached hydrogens (tertiary/aromatic N) is 1. The van der Waals surface area contributed by atoms with Crippen LogP contribution >= 0.6 is 0 Å². The van der Waals surface area contributed by atoms with E-state index in [4.69, 9.17) is 0 Å². The molecule has 6 rings (SSSR count). The predicted octanol–water partition coefficient (Wildman–Crippen LogP) is 4.92. The van der Waals surface area contributed by atoms with Crippen molar-refractivity contribution in [3.63, 3.8) is 0 Å². The standard InChI is InChI=1S/C28H47N2O/c1-3-20-9-11-21(12-10-20)18-30-16-14-23(22(4-2)19-30)17-27(30)28(31)25-13-15-29-26-8-6-5-7-24(25)26/h3-4,20-29,31H,1-2,5-19H2/q+1. The molecule has 2 aliphatic carbocycles. The second kappa shape index (κ2) is 9.31. The highest BCUT2D eigenvalue weighted by Gasteiger charge is 2.56. The molecule has 8 unspecified atom stereocenters. The topological polar surface area (TPSA) is 32.3 Å². The molecule has 31 heavy (non-hydrogen) atoms. The van der Waals surface area contributed by atoms with Crippen LogP contribution in [-0.4, -0.2) is 54.0 Å². The van der Waals surface area contributed by atoms with Gasteiger partial charge in [-0.2, -0.15) is 0 Å². The van der Waals surface area contributed by atoms with Gasteiger partial charge in [0.15, 0.2) is 0 Å². The quantitative estimate of drug-likeness (QED) is 0.466. The van der Waals surface area contributed by atoms with E-state index in [0.29, 0.717) is 29.8 Å². The van der Waals surface area contributed by atoms with Crippen LogP contribution in [-0.2, 0) is 0 Å². The Labute approximate surface area is 190 Å². The Morgan fingerprint density at radius 1 is 0.968 bits per heavy atom. The monoisotopic (exact) mass is 427 g/mol. The minimum atomic E-state index is -0.106. The maximum absolute atomic E-state index is 12.0. The summed E-state index contributed by atoms with van der Waals surface area (Å²) in [7, 11) is 0. The van der Waals surface area contributed by atoms with E-state index in [0.717, 1.165) is 24.3 Å². The third-order valence-electron chi connectivity index (χ3n) is 10.6. The van der Waals surface area contributed by atoms with Gasteiger partial charge in [0, 0.05) is 30.7 Å². The molecule has 4 aliphatic heterocycles. The van der Waals surface area contributed by atoms with Crippen molar-refractivity contribution in [1.82, 2.24) is 5.32 Å². The number of rotatable bonds is 6. The van der Waals surface area contributed by atoms with Crippen molar-refractivity contribution in [2.45, 2.75) is 88.8 Å². The van der Waals surface area contributed by atoms with Crippen LogP contribution in [0.25, 0.3) is 0 Å². The fourth-order valence-corrected chi connectivity index (χ4v) is 8.86. The van der Waals surface area contributed by atoms with E-state index >= 15 is 0 Å². The van der Waals surface area contributed by atoms with Crippen molar-refractivity contribution in [2.75, 3.05) is 26.2 Å². The summed E-state index contributed by atoms with van der Waals surface area (Å²) >= 11 is 0. The Balaban J connectivity index is 1.35. The van der Waals surface area contributed by atoms with E-state index in [9.17, 15) is 5.11 Å². The average molecular weight is 428 g/mol. The summed E-state index contributed by atoms with van der Waals surface area (Å²) in [6.07, 6.45) is 18.9. The summed E-state index contributed by atoms with van der Waals surface area (Å²) in [5.41, 5.74) is 0. The largest absolute Gasteiger partial charge is 0.387 e. The van der Waals surface area contributed by atoms with Crippen molar-refractivity contribution in [3.8, 4) is 0 Å². The van der Waals surface area contributed by atoms with Crippen LogP contribution in [0.15, 0.2) is 25.3 Å². The van der Waals surface area contributed by atoms with Gasteiger partial charge in [0.25, 0.3) is 0 Å². The molecule has 0 spiro atoms. The second-order valence-corrected chi connectivity index (χ2v) is 12.0. The number of fused-ring (bicyclic) bond motifs is 4. The summed E-state index contributed by atoms with van der Waals surface area (Å²) in [6, 6.07) is 1.14. The molecule has 174 valence electrons. The van der Waals surface area contributed by atoms with Gasteiger partial charge in [-0.3, -0.25) is 0 Å². The van der Waals surface area contributed by atoms with Crippen LogP contribution in [0.2, 0.25) is 0 Å². The zero-order valence-electron chi connectivity index (χ0n) is 19.8. The van der Waals surface area contributed by atoms with Crippen LogP contribution in [0.1, 0.15) is 70.6 Å². The van der Waals surface area contributed by atoms with E-state index in [1.165, 1.54) is 94.7 Å². The van der Waals surface area contributed by atoms with Gasteiger partial charge >= 0.3 is 0 Å². The van der Waals surface area contributed by atoms with Gasteiger partial charge in [-0.05, 0) is 75.2 Å². The lowest BCUT2D eigenvalue weighted by molar-refractivity contribution is -0.975. The average Bonchev–Trinajstić information content (AvgIpc) is 2.83. The minimum Gasteiger partial charge on any atom is -0.387 e. The molecular formula is C28H47N2O+. The number of aliphatic hydroxyl groups excluding tert-OH is 1. The van der Waals surface area contributed by atoms with Gasteiger partial charge < -0.3 is 14.9 Å². The Morgan fingerprint density at radius 2 is 1.77 bits per heavy atom. The molecule has 4 heterocycles. The van der Waals surface area contributed by atoms with Crippen molar-refractivity contribution < 1.29 is 9.59 Å². The molecular weight excluding hydrogens is 380 g/mol. The third kappa shape index (κ3) is 4.20. The lowest BCUT2D eigenvalue weighted by atomic mass is 9.65. The normalized spacial score (nSPS) is 48.5. The van der Waals surface area contributed by atoms with Crippen molar-refractivity contribution in [1.29, 1.82) is 0 Å². The lowest BCUT2D eigenvalue weighted by Gasteiger charge is -2.60. The Kier molecular flexibility index (Phi) is 6.66. The summed E-state index contributed by atoms with van der Waals surface area (Å²) in [5.74, 6) is 4.22. The highest BCUT2D eigenvalue weighted by Crippen LogP contribution is 2.48. The van der Waals surface area contributed by atoms with Gasteiger partial charge in [0.1, 0.15) is 12.1 Å². The molecule has 4 saturated heterocycles. The Bertz CT molecular complexity index is 639. The number of quaternary nitrogens is 1. The molecule has 0 radical (unpaired) electrons. The molecule has 3 heteroatoms. The smallest absolute Gasteiger partial charge is 0.116 e. The summed E-state index contributed by atoms with van der Waals surface area (Å²) in [6.45, 7) is 13.2. The fraction of sp³-hybridized carbons (Fsp3) is 0.857. The first-order valence-corrected chi connectivity index (χ1v) is 13.7.